The first-order chi connectivity index (χ1) is 8.52. The number of nitrogens with one attached hydrogen (secondary N) is 2. The van der Waals surface area contributed by atoms with Gasteiger partial charge in [-0.05, 0) is 6.07 Å². The summed E-state index contributed by atoms with van der Waals surface area (Å²) in [7, 11) is 0. The highest BCUT2D eigenvalue weighted by Crippen LogP contribution is 1.97. The third kappa shape index (κ3) is 4.44. The van der Waals surface area contributed by atoms with Crippen LogP contribution < -0.4 is 11.0 Å². The highest BCUT2D eigenvalue weighted by molar-refractivity contribution is 6.02. The van der Waals surface area contributed by atoms with Crippen LogP contribution in [0.15, 0.2) is 17.1 Å². The summed E-state index contributed by atoms with van der Waals surface area (Å²) >= 11 is 0. The number of hydrogen-bond donors (Lipinski definition) is 4. The Hall–Kier alpha value is -2.06. The Bertz CT molecular complexity index is 484. The molecule has 0 spiro atoms. The van der Waals surface area contributed by atoms with Crippen molar-refractivity contribution < 1.29 is 19.8 Å². The molecule has 0 amide bonds. The number of aromatic nitrogens is 2. The molecule has 1 unspecified atom stereocenters. The second-order valence-corrected chi connectivity index (χ2v) is 3.52. The number of aromatic amines is 1. The summed E-state index contributed by atoms with van der Waals surface area (Å²) in [6, 6.07) is 1.46. The third-order valence-electron chi connectivity index (χ3n) is 2.07. The number of H-pyrrole nitrogens is 1. The molecule has 8 nitrogen and oxygen atoms in total. The van der Waals surface area contributed by atoms with Gasteiger partial charge in [0.25, 0.3) is 0 Å². The maximum atomic E-state index is 11.3. The van der Waals surface area contributed by atoms with E-state index in [9.17, 15) is 14.4 Å². The number of anilines is 1. The predicted molar refractivity (Wildman–Crippen MR) is 61.1 cm³/mol. The minimum Gasteiger partial charge on any atom is -0.393 e. The van der Waals surface area contributed by atoms with Crippen molar-refractivity contribution in [2.24, 2.45) is 0 Å². The SMILES string of the molecule is O=C(CNc1ccnc(=O)[nH]1)CC(=O)C(O)CO. The first-order valence-electron chi connectivity index (χ1n) is 5.15. The fourth-order valence-electron chi connectivity index (χ4n) is 1.14. The minimum atomic E-state index is -1.53. The van der Waals surface area contributed by atoms with E-state index in [2.05, 4.69) is 15.3 Å². The Balaban J connectivity index is 2.42. The first-order valence-corrected chi connectivity index (χ1v) is 5.15. The first kappa shape index (κ1) is 14.0. The van der Waals surface area contributed by atoms with E-state index in [0.29, 0.717) is 5.82 Å². The summed E-state index contributed by atoms with van der Waals surface area (Å²) in [5.74, 6) is -0.906. The van der Waals surface area contributed by atoms with E-state index in [1.807, 2.05) is 0 Å². The summed E-state index contributed by atoms with van der Waals surface area (Å²) in [5.41, 5.74) is -0.556. The maximum Gasteiger partial charge on any atom is 0.346 e. The van der Waals surface area contributed by atoms with Crippen molar-refractivity contribution in [3.8, 4) is 0 Å². The van der Waals surface area contributed by atoms with Crippen molar-refractivity contribution in [3.05, 3.63) is 22.7 Å². The smallest absolute Gasteiger partial charge is 0.346 e. The lowest BCUT2D eigenvalue weighted by atomic mass is 10.1. The van der Waals surface area contributed by atoms with Crippen LogP contribution in [-0.2, 0) is 9.59 Å². The zero-order chi connectivity index (χ0) is 13.5. The number of Topliss-reactive ketones (excluding diaryl/α,β-unsaturated/α-hetero) is 2. The van der Waals surface area contributed by atoms with E-state index in [1.165, 1.54) is 12.3 Å². The number of aliphatic hydroxyl groups is 2. The zero-order valence-electron chi connectivity index (χ0n) is 9.42. The van der Waals surface area contributed by atoms with Crippen LogP contribution in [0.5, 0.6) is 0 Å². The van der Waals surface area contributed by atoms with Crippen LogP contribution in [0.1, 0.15) is 6.42 Å². The van der Waals surface area contributed by atoms with Crippen molar-refractivity contribution in [1.82, 2.24) is 9.97 Å². The summed E-state index contributed by atoms with van der Waals surface area (Å²) in [5, 5.41) is 20.1. The second kappa shape index (κ2) is 6.62. The average molecular weight is 255 g/mol. The molecule has 8 heteroatoms. The van der Waals surface area contributed by atoms with Gasteiger partial charge in [-0.15, -0.1) is 0 Å². The van der Waals surface area contributed by atoms with Gasteiger partial charge in [0.05, 0.1) is 19.6 Å². The molecule has 18 heavy (non-hydrogen) atoms. The van der Waals surface area contributed by atoms with Crippen molar-refractivity contribution in [2.75, 3.05) is 18.5 Å². The Morgan fingerprint density at radius 1 is 1.50 bits per heavy atom. The Morgan fingerprint density at radius 2 is 2.22 bits per heavy atom. The van der Waals surface area contributed by atoms with Gasteiger partial charge in [0, 0.05) is 6.20 Å². The fraction of sp³-hybridized carbons (Fsp3) is 0.400. The van der Waals surface area contributed by atoms with Gasteiger partial charge >= 0.3 is 5.69 Å². The maximum absolute atomic E-state index is 11.3. The molecule has 1 rings (SSSR count). The second-order valence-electron chi connectivity index (χ2n) is 3.52. The van der Waals surface area contributed by atoms with Gasteiger partial charge in [-0.2, -0.15) is 0 Å². The highest BCUT2D eigenvalue weighted by atomic mass is 16.3. The topological polar surface area (TPSA) is 132 Å². The van der Waals surface area contributed by atoms with Gasteiger partial charge in [0.15, 0.2) is 11.6 Å². The van der Waals surface area contributed by atoms with Crippen molar-refractivity contribution in [3.63, 3.8) is 0 Å². The van der Waals surface area contributed by atoms with Crippen molar-refractivity contribution >= 4 is 17.4 Å². The van der Waals surface area contributed by atoms with Gasteiger partial charge in [-0.25, -0.2) is 9.78 Å². The lowest BCUT2D eigenvalue weighted by Gasteiger charge is -2.06. The van der Waals surface area contributed by atoms with Gasteiger partial charge in [0.2, 0.25) is 0 Å². The number of ketones is 2. The molecule has 0 aliphatic heterocycles. The molecule has 0 saturated carbocycles. The molecular weight excluding hydrogens is 242 g/mol. The summed E-state index contributed by atoms with van der Waals surface area (Å²) in [6.45, 7) is -0.888. The largest absolute Gasteiger partial charge is 0.393 e. The van der Waals surface area contributed by atoms with Crippen LogP contribution in [0.4, 0.5) is 5.82 Å². The number of carbonyl (C=O) groups is 2. The molecule has 0 fully saturated rings. The van der Waals surface area contributed by atoms with Gasteiger partial charge in [0.1, 0.15) is 11.9 Å². The van der Waals surface area contributed by atoms with E-state index in [1.54, 1.807) is 0 Å². The quantitative estimate of drug-likeness (QED) is 0.417. The Labute approximate surface area is 102 Å². The molecule has 0 saturated heterocycles. The number of rotatable bonds is 7. The van der Waals surface area contributed by atoms with Crippen molar-refractivity contribution in [1.29, 1.82) is 0 Å². The molecule has 1 aromatic rings. The molecule has 0 radical (unpaired) electrons. The zero-order valence-corrected chi connectivity index (χ0v) is 9.42. The van der Waals surface area contributed by atoms with Crippen LogP contribution in [-0.4, -0.2) is 51.0 Å². The lowest BCUT2D eigenvalue weighted by Crippen LogP contribution is -2.28. The summed E-state index contributed by atoms with van der Waals surface area (Å²) in [4.78, 5) is 39.1. The molecule has 4 N–H and O–H groups in total. The molecule has 1 atom stereocenters. The minimum absolute atomic E-state index is 0.177. The number of carbonyl (C=O) groups excluding carboxylic acids is 2. The molecular formula is C10H13N3O5. The molecule has 0 aromatic carbocycles. The van der Waals surface area contributed by atoms with Gasteiger partial charge in [-0.3, -0.25) is 14.6 Å². The van der Waals surface area contributed by atoms with Crippen LogP contribution in [0.25, 0.3) is 0 Å². The Morgan fingerprint density at radius 3 is 2.83 bits per heavy atom. The monoisotopic (exact) mass is 255 g/mol. The van der Waals surface area contributed by atoms with E-state index in [-0.39, 0.29) is 6.54 Å². The number of aliphatic hydroxyl groups excluding tert-OH is 2. The third-order valence-corrected chi connectivity index (χ3v) is 2.07. The number of nitrogens with zero attached hydrogens (tertiary/aromatic N) is 1. The number of hydrogen-bond acceptors (Lipinski definition) is 7. The van der Waals surface area contributed by atoms with Gasteiger partial charge in [-0.1, -0.05) is 0 Å². The van der Waals surface area contributed by atoms with E-state index in [4.69, 9.17) is 10.2 Å². The standard InChI is InChI=1S/C10H13N3O5/c14-5-8(17)7(16)3-6(15)4-12-9-1-2-11-10(18)13-9/h1-2,8,14,17H,3-5H2,(H2,11,12,13,18). The van der Waals surface area contributed by atoms with Crippen LogP contribution in [0.3, 0.4) is 0 Å². The normalized spacial score (nSPS) is 11.9. The molecule has 1 aromatic heterocycles. The average Bonchev–Trinajstić information content (AvgIpc) is 2.35. The molecule has 1 heterocycles. The highest BCUT2D eigenvalue weighted by Gasteiger charge is 2.17. The molecule has 0 aliphatic rings. The van der Waals surface area contributed by atoms with E-state index in [0.717, 1.165) is 0 Å². The van der Waals surface area contributed by atoms with Gasteiger partial charge < -0.3 is 15.5 Å². The fourth-order valence-corrected chi connectivity index (χ4v) is 1.14. The van der Waals surface area contributed by atoms with Crippen LogP contribution >= 0.6 is 0 Å². The van der Waals surface area contributed by atoms with Crippen LogP contribution in [0, 0.1) is 0 Å². The summed E-state index contributed by atoms with van der Waals surface area (Å²) < 4.78 is 0. The van der Waals surface area contributed by atoms with E-state index < -0.39 is 36.4 Å². The lowest BCUT2D eigenvalue weighted by molar-refractivity contribution is -0.133. The molecule has 98 valence electrons. The molecule has 0 aliphatic carbocycles. The molecule has 0 bridgehead atoms. The van der Waals surface area contributed by atoms with Crippen LogP contribution in [0.2, 0.25) is 0 Å². The predicted octanol–water partition coefficient (Wildman–Crippen LogP) is -1.94. The Kier molecular flexibility index (Phi) is 5.15. The summed E-state index contributed by atoms with van der Waals surface area (Å²) in [6.07, 6.45) is -0.745. The van der Waals surface area contributed by atoms with E-state index >= 15 is 0 Å². The van der Waals surface area contributed by atoms with Crippen molar-refractivity contribution in [2.45, 2.75) is 12.5 Å².